The Balaban J connectivity index is 1.49. The third-order valence-electron chi connectivity index (χ3n) is 4.89. The van der Waals surface area contributed by atoms with Gasteiger partial charge in [-0.25, -0.2) is 15.0 Å². The maximum atomic E-state index is 5.55. The van der Waals surface area contributed by atoms with E-state index in [9.17, 15) is 0 Å². The van der Waals surface area contributed by atoms with Crippen molar-refractivity contribution in [2.24, 2.45) is 0 Å². The Bertz CT molecular complexity index is 1010. The highest BCUT2D eigenvalue weighted by Crippen LogP contribution is 2.34. The summed E-state index contributed by atoms with van der Waals surface area (Å²) in [5.41, 5.74) is 0.822. The van der Waals surface area contributed by atoms with Crippen LogP contribution in [0, 0.1) is 0 Å². The Labute approximate surface area is 174 Å². The number of rotatable bonds is 4. The normalized spacial score (nSPS) is 14.0. The number of fused-ring (bicyclic) bond motifs is 1. The number of aromatic nitrogens is 3. The molecule has 0 spiro atoms. The molecule has 0 unspecified atom stereocenters. The van der Waals surface area contributed by atoms with Crippen LogP contribution in [0.1, 0.15) is 0 Å². The van der Waals surface area contributed by atoms with Crippen molar-refractivity contribution in [2.45, 2.75) is 0 Å². The molecule has 0 amide bonds. The summed E-state index contributed by atoms with van der Waals surface area (Å²) in [5.74, 6) is 2.96. The van der Waals surface area contributed by atoms with Crippen LogP contribution < -0.4 is 19.7 Å². The third-order valence-corrected chi connectivity index (χ3v) is 5.25. The van der Waals surface area contributed by atoms with Crippen LogP contribution in [-0.2, 0) is 0 Å². The minimum atomic E-state index is 0.653. The topological polar surface area (TPSA) is 75.6 Å². The van der Waals surface area contributed by atoms with E-state index < -0.39 is 0 Å². The molecule has 29 heavy (non-hydrogen) atoms. The molecule has 0 radical (unpaired) electrons. The SMILES string of the molecule is COc1cc2ncnc(N3CCN(C(=S)Nc4ccccn4)CC3)c2cc1OC. The van der Waals surface area contributed by atoms with Crippen LogP contribution in [0.5, 0.6) is 11.5 Å². The monoisotopic (exact) mass is 410 g/mol. The molecule has 8 nitrogen and oxygen atoms in total. The van der Waals surface area contributed by atoms with Crippen LogP contribution in [0.3, 0.4) is 0 Å². The van der Waals surface area contributed by atoms with Crippen LogP contribution in [0.15, 0.2) is 42.9 Å². The van der Waals surface area contributed by atoms with Gasteiger partial charge in [0.15, 0.2) is 16.6 Å². The van der Waals surface area contributed by atoms with E-state index in [4.69, 9.17) is 21.7 Å². The Morgan fingerprint density at radius 1 is 1.00 bits per heavy atom. The number of piperazine rings is 1. The number of hydrogen-bond donors (Lipinski definition) is 1. The van der Waals surface area contributed by atoms with E-state index in [0.717, 1.165) is 48.7 Å². The highest BCUT2D eigenvalue weighted by molar-refractivity contribution is 7.80. The first-order valence-electron chi connectivity index (χ1n) is 9.28. The molecule has 0 atom stereocenters. The highest BCUT2D eigenvalue weighted by atomic mass is 32.1. The fraction of sp³-hybridized carbons (Fsp3) is 0.300. The molecule has 1 aliphatic rings. The van der Waals surface area contributed by atoms with Crippen LogP contribution in [-0.4, -0.2) is 65.4 Å². The van der Waals surface area contributed by atoms with E-state index in [2.05, 4.69) is 30.1 Å². The summed E-state index contributed by atoms with van der Waals surface area (Å²) in [6, 6.07) is 9.52. The zero-order valence-corrected chi connectivity index (χ0v) is 17.1. The molecule has 0 saturated carbocycles. The smallest absolute Gasteiger partial charge is 0.174 e. The first-order chi connectivity index (χ1) is 14.2. The lowest BCUT2D eigenvalue weighted by molar-refractivity contribution is 0.355. The van der Waals surface area contributed by atoms with Crippen LogP contribution in [0.2, 0.25) is 0 Å². The Kier molecular flexibility index (Phi) is 5.57. The van der Waals surface area contributed by atoms with Crippen molar-refractivity contribution in [2.75, 3.05) is 50.6 Å². The molecule has 1 fully saturated rings. The predicted molar refractivity (Wildman–Crippen MR) is 117 cm³/mol. The van der Waals surface area contributed by atoms with Crippen LogP contribution in [0.25, 0.3) is 10.9 Å². The molecule has 9 heteroatoms. The molecule has 1 aromatic carbocycles. The van der Waals surface area contributed by atoms with E-state index in [0.29, 0.717) is 16.6 Å². The van der Waals surface area contributed by atoms with Crippen molar-refractivity contribution in [3.8, 4) is 11.5 Å². The number of anilines is 2. The maximum Gasteiger partial charge on any atom is 0.174 e. The Hall–Kier alpha value is -3.20. The molecule has 1 N–H and O–H groups in total. The molecular weight excluding hydrogens is 388 g/mol. The molecular formula is C20H22N6O2S. The van der Waals surface area contributed by atoms with Gasteiger partial charge in [-0.05, 0) is 30.4 Å². The number of hydrogen-bond acceptors (Lipinski definition) is 7. The number of benzene rings is 1. The first-order valence-corrected chi connectivity index (χ1v) is 9.69. The largest absolute Gasteiger partial charge is 0.493 e. The number of ether oxygens (including phenoxy) is 2. The molecule has 0 aliphatic carbocycles. The molecule has 1 aliphatic heterocycles. The molecule has 2 aromatic heterocycles. The van der Waals surface area contributed by atoms with Crippen molar-refractivity contribution in [3.05, 3.63) is 42.9 Å². The second-order valence-corrected chi connectivity index (χ2v) is 6.93. The average molecular weight is 411 g/mol. The summed E-state index contributed by atoms with van der Waals surface area (Å²) < 4.78 is 10.8. The van der Waals surface area contributed by atoms with Gasteiger partial charge in [0.25, 0.3) is 0 Å². The zero-order valence-electron chi connectivity index (χ0n) is 16.3. The Morgan fingerprint density at radius 3 is 2.45 bits per heavy atom. The minimum Gasteiger partial charge on any atom is -0.493 e. The summed E-state index contributed by atoms with van der Waals surface area (Å²) in [5, 5.41) is 4.82. The van der Waals surface area contributed by atoms with Crippen molar-refractivity contribution in [1.82, 2.24) is 19.9 Å². The summed E-state index contributed by atoms with van der Waals surface area (Å²) in [6.07, 6.45) is 3.33. The van der Waals surface area contributed by atoms with Gasteiger partial charge in [-0.1, -0.05) is 6.07 Å². The van der Waals surface area contributed by atoms with Crippen LogP contribution >= 0.6 is 12.2 Å². The van der Waals surface area contributed by atoms with Gasteiger partial charge in [0.1, 0.15) is 18.0 Å². The van der Waals surface area contributed by atoms with Gasteiger partial charge >= 0.3 is 0 Å². The van der Waals surface area contributed by atoms with E-state index in [1.807, 2.05) is 30.3 Å². The second kappa shape index (κ2) is 8.44. The van der Waals surface area contributed by atoms with Crippen molar-refractivity contribution >= 4 is 39.9 Å². The third kappa shape index (κ3) is 4.00. The lowest BCUT2D eigenvalue weighted by Gasteiger charge is -2.37. The quantitative estimate of drug-likeness (QED) is 0.653. The lowest BCUT2D eigenvalue weighted by Crippen LogP contribution is -2.50. The zero-order chi connectivity index (χ0) is 20.2. The van der Waals surface area contributed by atoms with E-state index >= 15 is 0 Å². The lowest BCUT2D eigenvalue weighted by atomic mass is 10.2. The van der Waals surface area contributed by atoms with Crippen LogP contribution in [0.4, 0.5) is 11.6 Å². The van der Waals surface area contributed by atoms with Gasteiger partial charge in [-0.15, -0.1) is 0 Å². The number of nitrogens with one attached hydrogen (secondary N) is 1. The minimum absolute atomic E-state index is 0.653. The second-order valence-electron chi connectivity index (χ2n) is 6.54. The highest BCUT2D eigenvalue weighted by Gasteiger charge is 2.22. The van der Waals surface area contributed by atoms with Crippen molar-refractivity contribution in [3.63, 3.8) is 0 Å². The summed E-state index contributed by atoms with van der Waals surface area (Å²) in [4.78, 5) is 17.6. The number of nitrogens with zero attached hydrogens (tertiary/aromatic N) is 5. The van der Waals surface area contributed by atoms with Gasteiger partial charge in [-0.3, -0.25) is 0 Å². The summed E-state index contributed by atoms with van der Waals surface area (Å²) in [7, 11) is 3.24. The fourth-order valence-corrected chi connectivity index (χ4v) is 3.66. The number of thiocarbonyl (C=S) groups is 1. The van der Waals surface area contributed by atoms with E-state index in [1.54, 1.807) is 26.7 Å². The molecule has 150 valence electrons. The maximum absolute atomic E-state index is 5.55. The standard InChI is InChI=1S/C20H22N6O2S/c1-27-16-11-14-15(12-17(16)28-2)22-13-23-19(14)25-7-9-26(10-8-25)20(29)24-18-5-3-4-6-21-18/h3-6,11-13H,7-10H2,1-2H3,(H,21,24,29). The number of pyridine rings is 1. The van der Waals surface area contributed by atoms with E-state index in [-0.39, 0.29) is 0 Å². The molecule has 0 bridgehead atoms. The van der Waals surface area contributed by atoms with Crippen molar-refractivity contribution < 1.29 is 9.47 Å². The fourth-order valence-electron chi connectivity index (χ4n) is 3.37. The van der Waals surface area contributed by atoms with Gasteiger partial charge < -0.3 is 24.6 Å². The molecule has 4 rings (SSSR count). The molecule has 1 saturated heterocycles. The Morgan fingerprint density at radius 2 is 1.76 bits per heavy atom. The summed E-state index contributed by atoms with van der Waals surface area (Å²) >= 11 is 5.55. The number of methoxy groups -OCH3 is 2. The van der Waals surface area contributed by atoms with Gasteiger partial charge in [-0.2, -0.15) is 0 Å². The predicted octanol–water partition coefficient (Wildman–Crippen LogP) is 2.56. The van der Waals surface area contributed by atoms with Gasteiger partial charge in [0.2, 0.25) is 0 Å². The average Bonchev–Trinajstić information content (AvgIpc) is 2.78. The molecule has 3 aromatic rings. The van der Waals surface area contributed by atoms with Gasteiger partial charge in [0, 0.05) is 43.8 Å². The van der Waals surface area contributed by atoms with Gasteiger partial charge in [0.05, 0.1) is 19.7 Å². The first kappa shape index (κ1) is 19.1. The molecule has 3 heterocycles. The van der Waals surface area contributed by atoms with Crippen molar-refractivity contribution in [1.29, 1.82) is 0 Å². The summed E-state index contributed by atoms with van der Waals surface area (Å²) in [6.45, 7) is 3.17. The van der Waals surface area contributed by atoms with E-state index in [1.165, 1.54) is 0 Å².